The smallest absolute Gasteiger partial charge is 0.209 e. The van der Waals surface area contributed by atoms with E-state index in [-0.39, 0.29) is 6.61 Å². The van der Waals surface area contributed by atoms with E-state index in [9.17, 15) is 0 Å². The summed E-state index contributed by atoms with van der Waals surface area (Å²) in [5.41, 5.74) is 11.1. The maximum atomic E-state index is 8.90. The first-order chi connectivity index (χ1) is 15.6. The molecule has 32 heavy (non-hydrogen) atoms. The molecular weight excluding hydrogens is 406 g/mol. The van der Waals surface area contributed by atoms with Gasteiger partial charge in [0.2, 0.25) is 5.89 Å². The van der Waals surface area contributed by atoms with Gasteiger partial charge in [-0.3, -0.25) is 9.89 Å². The van der Waals surface area contributed by atoms with Crippen molar-refractivity contribution in [2.45, 2.75) is 20.4 Å². The Morgan fingerprint density at radius 3 is 2.78 bits per heavy atom. The SMILES string of the molecule is Cc1ncnc(N2CCN(Cc3nc4ccc(/C(C=NCCO)=C/N)cc4o3)CC2)c1C. The third kappa shape index (κ3) is 4.79. The molecule has 9 heteroatoms. The number of anilines is 1. The summed E-state index contributed by atoms with van der Waals surface area (Å²) < 4.78 is 6.04. The monoisotopic (exact) mass is 435 g/mol. The molecule has 0 amide bonds. The summed E-state index contributed by atoms with van der Waals surface area (Å²) in [5, 5.41) is 8.90. The Labute approximate surface area is 187 Å². The predicted octanol–water partition coefficient (Wildman–Crippen LogP) is 1.92. The summed E-state index contributed by atoms with van der Waals surface area (Å²) in [6.45, 7) is 8.73. The first-order valence-corrected chi connectivity index (χ1v) is 10.8. The van der Waals surface area contributed by atoms with Crippen LogP contribution in [-0.2, 0) is 6.54 Å². The lowest BCUT2D eigenvalue weighted by molar-refractivity contribution is 0.228. The van der Waals surface area contributed by atoms with Gasteiger partial charge >= 0.3 is 0 Å². The van der Waals surface area contributed by atoms with Crippen molar-refractivity contribution in [3.8, 4) is 0 Å². The van der Waals surface area contributed by atoms with Crippen LogP contribution in [0, 0.1) is 13.8 Å². The molecule has 168 valence electrons. The molecule has 0 radical (unpaired) electrons. The van der Waals surface area contributed by atoms with Gasteiger partial charge in [0.1, 0.15) is 17.7 Å². The minimum absolute atomic E-state index is 0.00538. The normalized spacial score (nSPS) is 15.8. The molecule has 1 saturated heterocycles. The number of hydrogen-bond acceptors (Lipinski definition) is 9. The second kappa shape index (κ2) is 9.88. The lowest BCUT2D eigenvalue weighted by Crippen LogP contribution is -2.46. The number of oxazole rings is 1. The van der Waals surface area contributed by atoms with E-state index in [1.165, 1.54) is 6.20 Å². The van der Waals surface area contributed by atoms with Gasteiger partial charge in [-0.2, -0.15) is 0 Å². The highest BCUT2D eigenvalue weighted by Crippen LogP contribution is 2.23. The fourth-order valence-electron chi connectivity index (χ4n) is 3.81. The van der Waals surface area contributed by atoms with Gasteiger partial charge in [-0.05, 0) is 31.5 Å². The fourth-order valence-corrected chi connectivity index (χ4v) is 3.81. The number of aliphatic hydroxyl groups excluding tert-OH is 1. The van der Waals surface area contributed by atoms with Crippen molar-refractivity contribution in [3.63, 3.8) is 0 Å². The zero-order valence-electron chi connectivity index (χ0n) is 18.5. The van der Waals surface area contributed by atoms with Crippen LogP contribution in [0.1, 0.15) is 22.7 Å². The molecule has 4 rings (SSSR count). The third-order valence-electron chi connectivity index (χ3n) is 5.75. The number of aliphatic imine (C=N–C) groups is 1. The lowest BCUT2D eigenvalue weighted by atomic mass is 10.1. The molecule has 1 fully saturated rings. The largest absolute Gasteiger partial charge is 0.439 e. The fraction of sp³-hybridized carbons (Fsp3) is 0.391. The molecule has 3 N–H and O–H groups in total. The predicted molar refractivity (Wildman–Crippen MR) is 126 cm³/mol. The minimum atomic E-state index is 0.00538. The van der Waals surface area contributed by atoms with E-state index in [2.05, 4.69) is 36.7 Å². The molecular formula is C23H29N7O2. The molecule has 0 spiro atoms. The second-order valence-electron chi connectivity index (χ2n) is 7.84. The van der Waals surface area contributed by atoms with Gasteiger partial charge in [0.25, 0.3) is 0 Å². The minimum Gasteiger partial charge on any atom is -0.439 e. The number of rotatable bonds is 7. The van der Waals surface area contributed by atoms with Crippen molar-refractivity contribution in [2.75, 3.05) is 44.2 Å². The topological polar surface area (TPSA) is 117 Å². The van der Waals surface area contributed by atoms with Crippen molar-refractivity contribution < 1.29 is 9.52 Å². The molecule has 1 aliphatic heterocycles. The highest BCUT2D eigenvalue weighted by atomic mass is 16.3. The van der Waals surface area contributed by atoms with Crippen LogP contribution >= 0.6 is 0 Å². The quantitative estimate of drug-likeness (QED) is 0.541. The van der Waals surface area contributed by atoms with Crippen LogP contribution in [0.15, 0.2) is 40.1 Å². The average molecular weight is 436 g/mol. The van der Waals surface area contributed by atoms with E-state index in [1.807, 2.05) is 25.1 Å². The van der Waals surface area contributed by atoms with E-state index in [0.717, 1.165) is 65.5 Å². The highest BCUT2D eigenvalue weighted by molar-refractivity contribution is 6.10. The van der Waals surface area contributed by atoms with Gasteiger partial charge in [0.05, 0.1) is 19.7 Å². The van der Waals surface area contributed by atoms with E-state index < -0.39 is 0 Å². The summed E-state index contributed by atoms with van der Waals surface area (Å²) in [6.07, 6.45) is 4.80. The number of benzene rings is 1. The van der Waals surface area contributed by atoms with Crippen LogP contribution < -0.4 is 10.6 Å². The number of hydrogen-bond donors (Lipinski definition) is 2. The van der Waals surface area contributed by atoms with Crippen molar-refractivity contribution in [3.05, 3.63) is 53.4 Å². The summed E-state index contributed by atoms with van der Waals surface area (Å²) >= 11 is 0. The summed E-state index contributed by atoms with van der Waals surface area (Å²) in [5.74, 6) is 1.73. The number of fused-ring (bicyclic) bond motifs is 1. The number of aromatic nitrogens is 3. The number of aliphatic hydroxyl groups is 1. The number of aryl methyl sites for hydroxylation is 1. The number of nitrogens with two attached hydrogens (primary N) is 1. The highest BCUT2D eigenvalue weighted by Gasteiger charge is 2.21. The van der Waals surface area contributed by atoms with Crippen LogP contribution in [0.5, 0.6) is 0 Å². The summed E-state index contributed by atoms with van der Waals surface area (Å²) in [7, 11) is 0. The van der Waals surface area contributed by atoms with Crippen molar-refractivity contribution in [2.24, 2.45) is 10.7 Å². The lowest BCUT2D eigenvalue weighted by Gasteiger charge is -2.35. The van der Waals surface area contributed by atoms with E-state index in [0.29, 0.717) is 19.0 Å². The third-order valence-corrected chi connectivity index (χ3v) is 5.75. The van der Waals surface area contributed by atoms with Crippen LogP contribution in [0.4, 0.5) is 5.82 Å². The van der Waals surface area contributed by atoms with Gasteiger partial charge in [-0.1, -0.05) is 6.07 Å². The summed E-state index contributed by atoms with van der Waals surface area (Å²) in [6, 6.07) is 5.80. The van der Waals surface area contributed by atoms with Gasteiger partial charge in [-0.25, -0.2) is 15.0 Å². The van der Waals surface area contributed by atoms with Crippen molar-refractivity contribution >= 4 is 28.7 Å². The Morgan fingerprint density at radius 1 is 1.22 bits per heavy atom. The molecule has 0 unspecified atom stereocenters. The Bertz CT molecular complexity index is 1130. The Hall–Kier alpha value is -3.30. The Morgan fingerprint density at radius 2 is 2.03 bits per heavy atom. The first-order valence-electron chi connectivity index (χ1n) is 10.8. The standard InChI is InChI=1S/C23H29N7O2/c1-16-17(2)26-15-27-23(16)30-8-6-29(7-9-30)14-22-28-20-4-3-18(11-21(20)32-22)19(12-24)13-25-5-10-31/h3-4,11-13,15,31H,5-10,14,24H2,1-2H3/b19-12+,25-13?. The van der Waals surface area contributed by atoms with E-state index in [4.69, 9.17) is 15.3 Å². The zero-order valence-corrected chi connectivity index (χ0v) is 18.5. The van der Waals surface area contributed by atoms with Crippen LogP contribution in [0.2, 0.25) is 0 Å². The first kappa shape index (κ1) is 21.9. The van der Waals surface area contributed by atoms with Gasteiger partial charge in [-0.15, -0.1) is 0 Å². The molecule has 3 aromatic rings. The average Bonchev–Trinajstić information content (AvgIpc) is 3.21. The molecule has 0 saturated carbocycles. The molecule has 0 atom stereocenters. The number of allylic oxidation sites excluding steroid dienone is 1. The van der Waals surface area contributed by atoms with Crippen molar-refractivity contribution in [1.29, 1.82) is 0 Å². The Kier molecular flexibility index (Phi) is 6.77. The molecule has 9 nitrogen and oxygen atoms in total. The molecule has 0 bridgehead atoms. The molecule has 1 aliphatic rings. The van der Waals surface area contributed by atoms with Crippen LogP contribution in [0.3, 0.4) is 0 Å². The number of nitrogens with zero attached hydrogens (tertiary/aromatic N) is 6. The Balaban J connectivity index is 1.41. The number of piperazine rings is 1. The van der Waals surface area contributed by atoms with Crippen molar-refractivity contribution in [1.82, 2.24) is 19.9 Å². The van der Waals surface area contributed by atoms with Gasteiger partial charge in [0.15, 0.2) is 5.58 Å². The zero-order chi connectivity index (χ0) is 22.5. The maximum Gasteiger partial charge on any atom is 0.209 e. The van der Waals surface area contributed by atoms with E-state index >= 15 is 0 Å². The van der Waals surface area contributed by atoms with Crippen LogP contribution in [0.25, 0.3) is 16.7 Å². The van der Waals surface area contributed by atoms with Gasteiger partial charge < -0.3 is 20.2 Å². The van der Waals surface area contributed by atoms with Crippen LogP contribution in [-0.4, -0.2) is 70.5 Å². The second-order valence-corrected chi connectivity index (χ2v) is 7.84. The summed E-state index contributed by atoms with van der Waals surface area (Å²) in [4.78, 5) is 22.2. The van der Waals surface area contributed by atoms with E-state index in [1.54, 1.807) is 12.5 Å². The molecule has 1 aromatic carbocycles. The molecule has 0 aliphatic carbocycles. The van der Waals surface area contributed by atoms with Gasteiger partial charge in [0, 0.05) is 55.4 Å². The molecule has 3 heterocycles. The maximum absolute atomic E-state index is 8.90. The molecule has 2 aromatic heterocycles.